The number of carbonyl (C=O) groups is 1. The summed E-state index contributed by atoms with van der Waals surface area (Å²) in [5.74, 6) is -0.523. The molecule has 12 heteroatoms. The van der Waals surface area contributed by atoms with Crippen LogP contribution in [0, 0.1) is 11.2 Å². The van der Waals surface area contributed by atoms with E-state index in [0.29, 0.717) is 53.6 Å². The van der Waals surface area contributed by atoms with Gasteiger partial charge in [-0.2, -0.15) is 4.98 Å². The number of primary amides is 1. The van der Waals surface area contributed by atoms with E-state index < -0.39 is 17.4 Å². The number of aryl methyl sites for hydroxylation is 1. The van der Waals surface area contributed by atoms with Crippen molar-refractivity contribution in [2.75, 3.05) is 6.54 Å². The van der Waals surface area contributed by atoms with Gasteiger partial charge in [-0.15, -0.1) is 0 Å². The summed E-state index contributed by atoms with van der Waals surface area (Å²) in [6.07, 6.45) is 7.93. The fourth-order valence-corrected chi connectivity index (χ4v) is 6.29. The normalized spacial score (nSPS) is 17.3. The molecule has 2 aromatic carbocycles. The Kier molecular flexibility index (Phi) is 10.3. The molecule has 3 atom stereocenters. The summed E-state index contributed by atoms with van der Waals surface area (Å²) in [5, 5.41) is 15.0. The maximum atomic E-state index is 15.2. The van der Waals surface area contributed by atoms with Gasteiger partial charge in [-0.1, -0.05) is 30.2 Å². The van der Waals surface area contributed by atoms with Crippen LogP contribution in [0.5, 0.6) is 0 Å². The van der Waals surface area contributed by atoms with E-state index in [1.165, 1.54) is 4.57 Å². The maximum absolute atomic E-state index is 15.2. The van der Waals surface area contributed by atoms with Crippen molar-refractivity contribution in [3.8, 4) is 16.9 Å². The molecule has 45 heavy (non-hydrogen) atoms. The Bertz CT molecular complexity index is 1740. The highest BCUT2D eigenvalue weighted by Gasteiger charge is 2.22. The molecule has 1 aliphatic rings. The lowest BCUT2D eigenvalue weighted by Crippen LogP contribution is -2.39. The van der Waals surface area contributed by atoms with Crippen LogP contribution >= 0.6 is 11.6 Å². The number of carbonyl (C=O) groups excluding carboxylic acids is 1. The molecule has 0 aliphatic carbocycles. The molecule has 0 spiro atoms. The summed E-state index contributed by atoms with van der Waals surface area (Å²) in [6, 6.07) is 13.3. The molecule has 1 saturated heterocycles. The highest BCUT2D eigenvalue weighted by Crippen LogP contribution is 2.32. The molecule has 10 nitrogen and oxygen atoms in total. The predicted octanol–water partition coefficient (Wildman–Crippen LogP) is 4.86. The number of nitrogens with one attached hydrogen (secondary N) is 4. The predicted molar refractivity (Wildman–Crippen MR) is 176 cm³/mol. The molecule has 3 heterocycles. The minimum Gasteiger partial charge on any atom is -0.374 e. The lowest BCUT2D eigenvalue weighted by atomic mass is 9.92. The summed E-state index contributed by atoms with van der Waals surface area (Å²) in [7, 11) is 0. The molecule has 5 rings (SSSR count). The first-order chi connectivity index (χ1) is 21.6. The van der Waals surface area contributed by atoms with Crippen LogP contribution in [0.15, 0.2) is 53.5 Å². The van der Waals surface area contributed by atoms with Crippen molar-refractivity contribution in [1.82, 2.24) is 25.2 Å². The fourth-order valence-electron chi connectivity index (χ4n) is 6.05. The van der Waals surface area contributed by atoms with Crippen molar-refractivity contribution >= 4 is 34.4 Å². The Hall–Kier alpha value is -4.06. The highest BCUT2D eigenvalue weighted by atomic mass is 35.5. The van der Waals surface area contributed by atoms with Crippen LogP contribution in [0.4, 0.5) is 4.39 Å². The third-order valence-electron chi connectivity index (χ3n) is 8.33. The van der Waals surface area contributed by atoms with Gasteiger partial charge in [0.15, 0.2) is 5.82 Å². The third-order valence-corrected chi connectivity index (χ3v) is 8.60. The van der Waals surface area contributed by atoms with Gasteiger partial charge in [0.1, 0.15) is 5.65 Å². The molecule has 0 saturated carbocycles. The number of halogens is 2. The second-order valence-electron chi connectivity index (χ2n) is 11.9. The van der Waals surface area contributed by atoms with Crippen molar-refractivity contribution < 1.29 is 9.18 Å². The fraction of sp³-hybridized carbons (Fsp3) is 0.394. The van der Waals surface area contributed by atoms with Crippen LogP contribution in [0.1, 0.15) is 69.0 Å². The van der Waals surface area contributed by atoms with Crippen molar-refractivity contribution in [2.45, 2.75) is 76.4 Å². The van der Waals surface area contributed by atoms with E-state index in [0.717, 1.165) is 43.4 Å². The number of nitrogens with zero attached hydrogens (tertiary/aromatic N) is 2. The Morgan fingerprint density at radius 3 is 2.76 bits per heavy atom. The number of hydrogen-bond acceptors (Lipinski definition) is 6. The standard InChI is InChI=1S/C33H40ClFN8O2/c1-19(36)39-13-12-24-6-3-7-28(40-24)21-8-10-25(11-9-21)43-18-22-16-29(41-32(22)42-33(43)45)26-14-20(15-27(34)31(26)35)4-2-5-23(37)17-30(38)44/h8-11,14-16,18,23-24,28,40H,2-7,12-13,17,37H2,1H3,(H2,36,39)(H2,38,44)(H,41,42,45)/t23-,24+,28+/m1/s1. The number of nitrogens with two attached hydrogens (primary N) is 2. The Labute approximate surface area is 266 Å². The molecule has 238 valence electrons. The van der Waals surface area contributed by atoms with Crippen LogP contribution in [-0.2, 0) is 11.2 Å². The van der Waals surface area contributed by atoms with E-state index in [-0.39, 0.29) is 29.1 Å². The first-order valence-corrected chi connectivity index (χ1v) is 15.7. The number of amides is 1. The lowest BCUT2D eigenvalue weighted by Gasteiger charge is -2.31. The zero-order valence-electron chi connectivity index (χ0n) is 25.3. The van der Waals surface area contributed by atoms with Crippen molar-refractivity contribution in [1.29, 1.82) is 5.41 Å². The largest absolute Gasteiger partial charge is 0.374 e. The zero-order valence-corrected chi connectivity index (χ0v) is 26.1. The average molecular weight is 635 g/mol. The molecule has 4 aromatic rings. The lowest BCUT2D eigenvalue weighted by molar-refractivity contribution is -0.118. The minimum absolute atomic E-state index is 0.00730. The van der Waals surface area contributed by atoms with Crippen molar-refractivity contribution in [2.24, 2.45) is 11.5 Å². The smallest absolute Gasteiger partial charge is 0.354 e. The Balaban J connectivity index is 1.32. The van der Waals surface area contributed by atoms with E-state index in [4.69, 9.17) is 28.5 Å². The van der Waals surface area contributed by atoms with Crippen LogP contribution < -0.4 is 27.8 Å². The van der Waals surface area contributed by atoms with Gasteiger partial charge >= 0.3 is 5.69 Å². The van der Waals surface area contributed by atoms with Crippen LogP contribution in [0.2, 0.25) is 5.02 Å². The molecule has 0 bridgehead atoms. The van der Waals surface area contributed by atoms with Gasteiger partial charge in [-0.05, 0) is 86.9 Å². The Morgan fingerprint density at radius 1 is 1.24 bits per heavy atom. The van der Waals surface area contributed by atoms with Gasteiger partial charge in [0.2, 0.25) is 5.91 Å². The molecule has 2 aromatic heterocycles. The SMILES string of the molecule is CC(=N)NCC[C@@H]1CCC[C@@H](c2ccc(-n3cc4cc(-c5cc(CCC[C@@H](N)CC(N)=O)cc(Cl)c5F)[nH]c4nc3=O)cc2)N1. The molecular weight excluding hydrogens is 595 g/mol. The second-order valence-corrected chi connectivity index (χ2v) is 12.3. The number of aromatic amines is 1. The summed E-state index contributed by atoms with van der Waals surface area (Å²) >= 11 is 6.26. The third kappa shape index (κ3) is 8.16. The van der Waals surface area contributed by atoms with Gasteiger partial charge in [0.05, 0.1) is 22.2 Å². The molecule has 8 N–H and O–H groups in total. The monoisotopic (exact) mass is 634 g/mol. The molecular formula is C33H40ClFN8O2. The summed E-state index contributed by atoms with van der Waals surface area (Å²) in [4.78, 5) is 31.4. The summed E-state index contributed by atoms with van der Waals surface area (Å²) < 4.78 is 16.7. The van der Waals surface area contributed by atoms with Crippen molar-refractivity contribution in [3.05, 3.63) is 81.1 Å². The number of benzene rings is 2. The van der Waals surface area contributed by atoms with E-state index in [9.17, 15) is 9.59 Å². The number of H-pyrrole nitrogens is 1. The number of fused-ring (bicyclic) bond motifs is 1. The van der Waals surface area contributed by atoms with Crippen LogP contribution in [-0.4, -0.2) is 44.9 Å². The number of piperidine rings is 1. The van der Waals surface area contributed by atoms with Gasteiger partial charge < -0.3 is 27.1 Å². The van der Waals surface area contributed by atoms with Gasteiger partial charge in [0, 0.05) is 48.2 Å². The number of hydrogen-bond donors (Lipinski definition) is 6. The minimum atomic E-state index is -0.567. The van der Waals surface area contributed by atoms with Crippen LogP contribution in [0.25, 0.3) is 28.0 Å². The highest BCUT2D eigenvalue weighted by molar-refractivity contribution is 6.31. The molecule has 1 fully saturated rings. The van der Waals surface area contributed by atoms with E-state index >= 15 is 4.39 Å². The van der Waals surface area contributed by atoms with Crippen molar-refractivity contribution in [3.63, 3.8) is 0 Å². The first kappa shape index (κ1) is 32.3. The molecule has 1 amide bonds. The van der Waals surface area contributed by atoms with E-state index in [1.807, 2.05) is 24.3 Å². The number of aromatic nitrogens is 3. The maximum Gasteiger partial charge on any atom is 0.354 e. The van der Waals surface area contributed by atoms with Crippen LogP contribution in [0.3, 0.4) is 0 Å². The summed E-state index contributed by atoms with van der Waals surface area (Å²) in [6.45, 7) is 2.52. The van der Waals surface area contributed by atoms with E-state index in [2.05, 4.69) is 20.6 Å². The second kappa shape index (κ2) is 14.4. The Morgan fingerprint density at radius 2 is 2.02 bits per heavy atom. The molecule has 0 radical (unpaired) electrons. The first-order valence-electron chi connectivity index (χ1n) is 15.4. The van der Waals surface area contributed by atoms with Gasteiger partial charge in [-0.3, -0.25) is 14.8 Å². The van der Waals surface area contributed by atoms with Gasteiger partial charge in [0.25, 0.3) is 0 Å². The zero-order chi connectivity index (χ0) is 32.1. The average Bonchev–Trinajstić information content (AvgIpc) is 3.40. The number of amidine groups is 1. The molecule has 1 aliphatic heterocycles. The quantitative estimate of drug-likeness (QED) is 0.0961. The van der Waals surface area contributed by atoms with Gasteiger partial charge in [-0.25, -0.2) is 9.18 Å². The summed E-state index contributed by atoms with van der Waals surface area (Å²) in [5.41, 5.74) is 14.5. The number of rotatable bonds is 12. The van der Waals surface area contributed by atoms with E-state index in [1.54, 1.807) is 31.3 Å². The molecule has 0 unspecified atom stereocenters. The topological polar surface area (TPSA) is 168 Å².